The summed E-state index contributed by atoms with van der Waals surface area (Å²) in [6, 6.07) is 7.05. The van der Waals surface area contributed by atoms with Crippen LogP contribution in [0.25, 0.3) is 0 Å². The molecule has 1 unspecified atom stereocenters. The molecule has 142 valence electrons. The quantitative estimate of drug-likeness (QED) is 0.677. The van der Waals surface area contributed by atoms with E-state index < -0.39 is 26.2 Å². The van der Waals surface area contributed by atoms with Crippen molar-refractivity contribution in [1.82, 2.24) is 4.72 Å². The third-order valence-corrected chi connectivity index (χ3v) is 13.7. The van der Waals surface area contributed by atoms with Gasteiger partial charge in [0.1, 0.15) is 0 Å². The minimum absolute atomic E-state index is 0.0806. The molecule has 1 rings (SSSR count). The van der Waals surface area contributed by atoms with Crippen LogP contribution in [0.1, 0.15) is 26.3 Å². The van der Waals surface area contributed by atoms with Crippen molar-refractivity contribution >= 4 is 26.2 Å². The second-order valence-corrected chi connectivity index (χ2v) is 22.0. The molecule has 0 aliphatic heterocycles. The largest absolute Gasteiger partial charge is 0.240 e. The number of hydrogen-bond donors (Lipinski definition) is 1. The maximum atomic E-state index is 12.9. The smallest absolute Gasteiger partial charge is 0.207 e. The lowest BCUT2D eigenvalue weighted by Gasteiger charge is -2.42. The van der Waals surface area contributed by atoms with Crippen LogP contribution in [0.15, 0.2) is 40.9 Å². The Morgan fingerprint density at radius 3 is 1.88 bits per heavy atom. The van der Waals surface area contributed by atoms with Crippen molar-refractivity contribution in [2.75, 3.05) is 0 Å². The van der Waals surface area contributed by atoms with Crippen LogP contribution in [0.4, 0.5) is 0 Å². The lowest BCUT2D eigenvalue weighted by molar-refractivity contribution is 0.579. The average Bonchev–Trinajstić information content (AvgIpc) is 2.41. The molecule has 0 spiro atoms. The fraction of sp³-hybridized carbons (Fsp3) is 0.579. The third kappa shape index (κ3) is 6.20. The van der Waals surface area contributed by atoms with Crippen LogP contribution < -0.4 is 4.72 Å². The van der Waals surface area contributed by atoms with Crippen molar-refractivity contribution in [1.29, 1.82) is 0 Å². The predicted octanol–water partition coefficient (Wildman–Crippen LogP) is 5.12. The first-order chi connectivity index (χ1) is 11.1. The summed E-state index contributed by atoms with van der Waals surface area (Å²) >= 11 is 0. The highest BCUT2D eigenvalue weighted by molar-refractivity contribution is 7.89. The highest BCUT2D eigenvalue weighted by atomic mass is 32.2. The lowest BCUT2D eigenvalue weighted by Crippen LogP contribution is -2.56. The summed E-state index contributed by atoms with van der Waals surface area (Å²) in [5.74, 6) is 0. The number of aryl methyl sites for hydroxylation is 1. The molecule has 0 amide bonds. The van der Waals surface area contributed by atoms with E-state index in [1.54, 1.807) is 12.1 Å². The first-order valence-corrected chi connectivity index (χ1v) is 17.0. The van der Waals surface area contributed by atoms with Gasteiger partial charge in [0, 0.05) is 5.67 Å². The van der Waals surface area contributed by atoms with E-state index in [4.69, 9.17) is 0 Å². The molecule has 0 aliphatic rings. The standard InChI is InChI=1S/C19H35NO2SSi2/c1-16-10-12-17(13-11-16)23(21,22)20-18(14-15-24(5,6)7)25(8,9)19(2,3)4/h10-15,18,20H,1-9H3/b15-14+. The van der Waals surface area contributed by atoms with Gasteiger partial charge in [0.05, 0.1) is 21.0 Å². The zero-order valence-electron chi connectivity index (χ0n) is 17.3. The van der Waals surface area contributed by atoms with E-state index in [-0.39, 0.29) is 10.7 Å². The van der Waals surface area contributed by atoms with E-state index in [9.17, 15) is 8.42 Å². The molecule has 0 fully saturated rings. The number of nitrogens with one attached hydrogen (secondary N) is 1. The third-order valence-electron chi connectivity index (χ3n) is 5.11. The van der Waals surface area contributed by atoms with Crippen molar-refractivity contribution in [3.05, 3.63) is 41.6 Å². The van der Waals surface area contributed by atoms with Gasteiger partial charge in [-0.15, -0.1) is 0 Å². The first-order valence-electron chi connectivity index (χ1n) is 8.85. The topological polar surface area (TPSA) is 46.2 Å². The van der Waals surface area contributed by atoms with E-state index in [1.807, 2.05) is 19.1 Å². The van der Waals surface area contributed by atoms with Gasteiger partial charge in [-0.3, -0.25) is 0 Å². The summed E-state index contributed by atoms with van der Waals surface area (Å²) in [5.41, 5.74) is 3.18. The molecule has 6 heteroatoms. The Hall–Kier alpha value is -0.696. The Balaban J connectivity index is 3.29. The van der Waals surface area contributed by atoms with E-state index in [1.165, 1.54) is 0 Å². The fourth-order valence-electron chi connectivity index (χ4n) is 2.23. The van der Waals surface area contributed by atoms with Gasteiger partial charge in [-0.25, -0.2) is 13.1 Å². The van der Waals surface area contributed by atoms with Crippen LogP contribution in [0.5, 0.6) is 0 Å². The number of hydrogen-bond acceptors (Lipinski definition) is 2. The normalized spacial score (nSPS) is 15.6. The maximum absolute atomic E-state index is 12.9. The molecule has 0 aliphatic carbocycles. The van der Waals surface area contributed by atoms with Crippen LogP contribution in [0.3, 0.4) is 0 Å². The zero-order valence-corrected chi connectivity index (χ0v) is 20.1. The molecular weight excluding hydrogens is 362 g/mol. The molecule has 1 N–H and O–H groups in total. The van der Waals surface area contributed by atoms with E-state index >= 15 is 0 Å². The predicted molar refractivity (Wildman–Crippen MR) is 115 cm³/mol. The van der Waals surface area contributed by atoms with E-state index in [2.05, 4.69) is 70.0 Å². The summed E-state index contributed by atoms with van der Waals surface area (Å²) < 4.78 is 28.9. The van der Waals surface area contributed by atoms with Crippen molar-refractivity contribution < 1.29 is 8.42 Å². The molecule has 0 saturated heterocycles. The molecule has 0 saturated carbocycles. The number of sulfonamides is 1. The zero-order chi connectivity index (χ0) is 19.7. The highest BCUT2D eigenvalue weighted by Crippen LogP contribution is 2.39. The summed E-state index contributed by atoms with van der Waals surface area (Å²) in [5, 5.41) is 0.0806. The van der Waals surface area contributed by atoms with E-state index in [0.29, 0.717) is 4.90 Å². The van der Waals surface area contributed by atoms with Crippen LogP contribution in [0.2, 0.25) is 37.8 Å². The number of rotatable bonds is 6. The van der Waals surface area contributed by atoms with Gasteiger partial charge in [0.2, 0.25) is 10.0 Å². The summed E-state index contributed by atoms with van der Waals surface area (Å²) in [6.45, 7) is 19.9. The van der Waals surface area contributed by atoms with Gasteiger partial charge >= 0.3 is 0 Å². The fourth-order valence-corrected chi connectivity index (χ4v) is 7.39. The van der Waals surface area contributed by atoms with Gasteiger partial charge < -0.3 is 0 Å². The molecule has 25 heavy (non-hydrogen) atoms. The minimum Gasteiger partial charge on any atom is -0.207 e. The second-order valence-electron chi connectivity index (χ2n) is 9.61. The Kier molecular flexibility index (Phi) is 6.71. The van der Waals surface area contributed by atoms with Gasteiger partial charge in [0.15, 0.2) is 0 Å². The van der Waals surface area contributed by atoms with Crippen LogP contribution >= 0.6 is 0 Å². The van der Waals surface area contributed by atoms with Crippen molar-refractivity contribution in [3.8, 4) is 0 Å². The lowest BCUT2D eigenvalue weighted by atomic mass is 10.2. The number of benzene rings is 1. The van der Waals surface area contributed by atoms with Crippen LogP contribution in [-0.2, 0) is 10.0 Å². The van der Waals surface area contributed by atoms with Crippen molar-refractivity contribution in [2.45, 2.75) is 76.0 Å². The van der Waals surface area contributed by atoms with Gasteiger partial charge in [-0.05, 0) is 24.1 Å². The summed E-state index contributed by atoms with van der Waals surface area (Å²) in [7, 11) is -6.89. The molecule has 0 aromatic heterocycles. The molecule has 1 aromatic carbocycles. The molecule has 0 heterocycles. The molecule has 3 nitrogen and oxygen atoms in total. The van der Waals surface area contributed by atoms with Gasteiger partial charge in [-0.1, -0.05) is 83.0 Å². The van der Waals surface area contributed by atoms with E-state index in [0.717, 1.165) is 5.56 Å². The minimum atomic E-state index is -3.54. The maximum Gasteiger partial charge on any atom is 0.240 e. The van der Waals surface area contributed by atoms with Gasteiger partial charge in [0.25, 0.3) is 0 Å². The first kappa shape index (κ1) is 22.3. The molecule has 0 radical (unpaired) electrons. The van der Waals surface area contributed by atoms with Crippen molar-refractivity contribution in [2.24, 2.45) is 0 Å². The van der Waals surface area contributed by atoms with Crippen LogP contribution in [-0.4, -0.2) is 30.2 Å². The van der Waals surface area contributed by atoms with Crippen molar-refractivity contribution in [3.63, 3.8) is 0 Å². The summed E-state index contributed by atoms with van der Waals surface area (Å²) in [4.78, 5) is 0.336. The average molecular weight is 398 g/mol. The Morgan fingerprint density at radius 1 is 1.00 bits per heavy atom. The van der Waals surface area contributed by atoms with Crippen LogP contribution in [0, 0.1) is 6.92 Å². The van der Waals surface area contributed by atoms with Gasteiger partial charge in [-0.2, -0.15) is 0 Å². The molecule has 0 bridgehead atoms. The Labute approximate surface area is 157 Å². The Morgan fingerprint density at radius 2 is 1.48 bits per heavy atom. The highest BCUT2D eigenvalue weighted by Gasteiger charge is 2.43. The summed E-state index contributed by atoms with van der Waals surface area (Å²) in [6.07, 6.45) is 2.13. The molecule has 1 aromatic rings. The molecular formula is C19H35NO2SSi2. The second kappa shape index (κ2) is 7.50. The molecule has 1 atom stereocenters. The monoisotopic (exact) mass is 397 g/mol. The SMILES string of the molecule is Cc1ccc(S(=O)(=O)NC(/C=C/[Si](C)(C)C)[Si](C)(C)C(C)(C)C)cc1. The Bertz CT molecular complexity index is 709.